The number of benzene rings is 1. The minimum absolute atomic E-state index is 0.0511. The molecule has 0 aliphatic carbocycles. The number of morpholine rings is 1. The summed E-state index contributed by atoms with van der Waals surface area (Å²) in [6.45, 7) is 7.85. The van der Waals surface area contributed by atoms with Crippen LogP contribution in [0.25, 0.3) is 0 Å². The summed E-state index contributed by atoms with van der Waals surface area (Å²) in [7, 11) is 1.94. The number of aryl methyl sites for hydroxylation is 3. The van der Waals surface area contributed by atoms with Crippen molar-refractivity contribution in [1.29, 1.82) is 0 Å². The predicted molar refractivity (Wildman–Crippen MR) is 92.8 cm³/mol. The predicted octanol–water partition coefficient (Wildman–Crippen LogP) is 2.49. The summed E-state index contributed by atoms with van der Waals surface area (Å²) in [6, 6.07) is 8.09. The lowest BCUT2D eigenvalue weighted by molar-refractivity contribution is -0.139. The molecule has 1 fully saturated rings. The molecule has 1 saturated heterocycles. The molecule has 0 N–H and O–H groups in total. The van der Waals surface area contributed by atoms with Crippen LogP contribution in [0.2, 0.25) is 0 Å². The molecule has 128 valence electrons. The largest absolute Gasteiger partial charge is 0.377 e. The highest BCUT2D eigenvalue weighted by molar-refractivity contribution is 5.79. The molecule has 0 bridgehead atoms. The lowest BCUT2D eigenvalue weighted by Gasteiger charge is -2.36. The second-order valence-corrected chi connectivity index (χ2v) is 6.55. The van der Waals surface area contributed by atoms with Gasteiger partial charge in [0, 0.05) is 24.8 Å². The maximum Gasteiger partial charge on any atom is 0.227 e. The fourth-order valence-electron chi connectivity index (χ4n) is 3.51. The van der Waals surface area contributed by atoms with E-state index in [1.165, 1.54) is 5.56 Å². The highest BCUT2D eigenvalue weighted by atomic mass is 16.5. The van der Waals surface area contributed by atoms with Gasteiger partial charge in [-0.1, -0.05) is 29.8 Å². The molecule has 24 heavy (non-hydrogen) atoms. The van der Waals surface area contributed by atoms with Crippen LogP contribution in [0.15, 0.2) is 24.3 Å². The minimum Gasteiger partial charge on any atom is -0.377 e. The number of aromatic nitrogens is 2. The Kier molecular flexibility index (Phi) is 4.71. The molecule has 1 atom stereocenters. The van der Waals surface area contributed by atoms with Crippen molar-refractivity contribution >= 4 is 5.91 Å². The van der Waals surface area contributed by atoms with Crippen LogP contribution in [0.4, 0.5) is 0 Å². The van der Waals surface area contributed by atoms with E-state index in [0.29, 0.717) is 26.2 Å². The zero-order valence-electron chi connectivity index (χ0n) is 14.9. The molecule has 0 radical (unpaired) electrons. The van der Waals surface area contributed by atoms with Crippen molar-refractivity contribution in [3.8, 4) is 0 Å². The molecule has 0 unspecified atom stereocenters. The fourth-order valence-corrected chi connectivity index (χ4v) is 3.51. The number of hydrogen-bond donors (Lipinski definition) is 0. The van der Waals surface area contributed by atoms with E-state index in [0.717, 1.165) is 22.5 Å². The zero-order valence-corrected chi connectivity index (χ0v) is 14.9. The lowest BCUT2D eigenvalue weighted by Crippen LogP contribution is -2.44. The van der Waals surface area contributed by atoms with Crippen LogP contribution < -0.4 is 0 Å². The van der Waals surface area contributed by atoms with E-state index >= 15 is 0 Å². The van der Waals surface area contributed by atoms with Gasteiger partial charge < -0.3 is 9.64 Å². The van der Waals surface area contributed by atoms with Gasteiger partial charge in [0.2, 0.25) is 5.91 Å². The number of amides is 1. The summed E-state index contributed by atoms with van der Waals surface area (Å²) in [5.41, 5.74) is 5.42. The molecule has 0 spiro atoms. The first kappa shape index (κ1) is 16.7. The standard InChI is InChI=1S/C19H25N3O2/c1-13-6-5-7-16(10-13)11-18(23)22-8-9-24-12-17(22)19-14(2)20-21(4)15(19)3/h5-7,10,17H,8-9,11-12H2,1-4H3/t17-/m1/s1. The zero-order chi connectivity index (χ0) is 17.3. The quantitative estimate of drug-likeness (QED) is 0.870. The highest BCUT2D eigenvalue weighted by Gasteiger charge is 2.32. The summed E-state index contributed by atoms with van der Waals surface area (Å²) in [6.07, 6.45) is 0.427. The van der Waals surface area contributed by atoms with Crippen molar-refractivity contribution < 1.29 is 9.53 Å². The molecule has 1 amide bonds. The van der Waals surface area contributed by atoms with Crippen molar-refractivity contribution in [2.24, 2.45) is 7.05 Å². The molecule has 1 aromatic carbocycles. The van der Waals surface area contributed by atoms with Gasteiger partial charge in [0.05, 0.1) is 31.4 Å². The average molecular weight is 327 g/mol. The average Bonchev–Trinajstić information content (AvgIpc) is 2.80. The van der Waals surface area contributed by atoms with E-state index in [2.05, 4.69) is 11.2 Å². The van der Waals surface area contributed by atoms with Crippen LogP contribution in [-0.2, 0) is 23.0 Å². The van der Waals surface area contributed by atoms with Crippen LogP contribution in [-0.4, -0.2) is 40.3 Å². The maximum atomic E-state index is 12.9. The van der Waals surface area contributed by atoms with Gasteiger partial charge in [0.15, 0.2) is 0 Å². The smallest absolute Gasteiger partial charge is 0.227 e. The van der Waals surface area contributed by atoms with Gasteiger partial charge in [-0.3, -0.25) is 9.48 Å². The van der Waals surface area contributed by atoms with Crippen LogP contribution in [0.3, 0.4) is 0 Å². The molecule has 1 aliphatic rings. The van der Waals surface area contributed by atoms with E-state index in [9.17, 15) is 4.79 Å². The Morgan fingerprint density at radius 2 is 2.12 bits per heavy atom. The lowest BCUT2D eigenvalue weighted by atomic mass is 10.0. The molecular formula is C19H25N3O2. The number of carbonyl (C=O) groups is 1. The monoisotopic (exact) mass is 327 g/mol. The summed E-state index contributed by atoms with van der Waals surface area (Å²) in [4.78, 5) is 14.9. The number of ether oxygens (including phenoxy) is 1. The number of rotatable bonds is 3. The molecule has 2 heterocycles. The van der Waals surface area contributed by atoms with E-state index < -0.39 is 0 Å². The first-order valence-corrected chi connectivity index (χ1v) is 8.40. The number of carbonyl (C=O) groups excluding carboxylic acids is 1. The maximum absolute atomic E-state index is 12.9. The molecule has 1 aromatic heterocycles. The third kappa shape index (κ3) is 3.22. The Hall–Kier alpha value is -2.14. The Morgan fingerprint density at radius 1 is 1.33 bits per heavy atom. The molecule has 1 aliphatic heterocycles. The first-order chi connectivity index (χ1) is 11.5. The van der Waals surface area contributed by atoms with Crippen LogP contribution >= 0.6 is 0 Å². The van der Waals surface area contributed by atoms with Crippen LogP contribution in [0.5, 0.6) is 0 Å². The SMILES string of the molecule is Cc1cccc(CC(=O)N2CCOC[C@@H]2c2c(C)nn(C)c2C)c1. The van der Waals surface area contributed by atoms with Crippen molar-refractivity contribution in [3.05, 3.63) is 52.3 Å². The van der Waals surface area contributed by atoms with Gasteiger partial charge in [-0.05, 0) is 26.3 Å². The molecule has 5 nitrogen and oxygen atoms in total. The Balaban J connectivity index is 1.85. The Morgan fingerprint density at radius 3 is 2.79 bits per heavy atom. The number of hydrogen-bond acceptors (Lipinski definition) is 3. The van der Waals surface area contributed by atoms with E-state index in [-0.39, 0.29) is 11.9 Å². The third-order valence-electron chi connectivity index (χ3n) is 4.78. The summed E-state index contributed by atoms with van der Waals surface area (Å²) in [5, 5.41) is 4.50. The summed E-state index contributed by atoms with van der Waals surface area (Å²) >= 11 is 0. The topological polar surface area (TPSA) is 47.4 Å². The first-order valence-electron chi connectivity index (χ1n) is 8.40. The summed E-state index contributed by atoms with van der Waals surface area (Å²) < 4.78 is 7.55. The van der Waals surface area contributed by atoms with Gasteiger partial charge >= 0.3 is 0 Å². The fraction of sp³-hybridized carbons (Fsp3) is 0.474. The number of nitrogens with zero attached hydrogens (tertiary/aromatic N) is 3. The normalized spacial score (nSPS) is 18.0. The van der Waals surface area contributed by atoms with Crippen LogP contribution in [0, 0.1) is 20.8 Å². The van der Waals surface area contributed by atoms with Gasteiger partial charge in [-0.15, -0.1) is 0 Å². The van der Waals surface area contributed by atoms with Crippen LogP contribution in [0.1, 0.15) is 34.1 Å². The van der Waals surface area contributed by atoms with Gasteiger partial charge in [0.25, 0.3) is 0 Å². The summed E-state index contributed by atoms with van der Waals surface area (Å²) in [5.74, 6) is 0.150. The molecule has 0 saturated carbocycles. The van der Waals surface area contributed by atoms with Crippen molar-refractivity contribution in [1.82, 2.24) is 14.7 Å². The van der Waals surface area contributed by atoms with Crippen molar-refractivity contribution in [3.63, 3.8) is 0 Å². The molecule has 5 heteroatoms. The highest BCUT2D eigenvalue weighted by Crippen LogP contribution is 2.29. The van der Waals surface area contributed by atoms with E-state index in [4.69, 9.17) is 4.74 Å². The molecule has 2 aromatic rings. The third-order valence-corrected chi connectivity index (χ3v) is 4.78. The van der Waals surface area contributed by atoms with Gasteiger partial charge in [0.1, 0.15) is 0 Å². The second kappa shape index (κ2) is 6.77. The van der Waals surface area contributed by atoms with Crippen molar-refractivity contribution in [2.75, 3.05) is 19.8 Å². The van der Waals surface area contributed by atoms with Gasteiger partial charge in [-0.25, -0.2) is 0 Å². The van der Waals surface area contributed by atoms with Gasteiger partial charge in [-0.2, -0.15) is 5.10 Å². The second-order valence-electron chi connectivity index (χ2n) is 6.55. The Bertz CT molecular complexity index is 751. The minimum atomic E-state index is -0.0511. The Labute approximate surface area is 143 Å². The van der Waals surface area contributed by atoms with E-state index in [1.54, 1.807) is 0 Å². The molecule has 3 rings (SSSR count). The van der Waals surface area contributed by atoms with E-state index in [1.807, 2.05) is 55.6 Å². The van der Waals surface area contributed by atoms with Crippen molar-refractivity contribution in [2.45, 2.75) is 33.2 Å². The molecular weight excluding hydrogens is 302 g/mol.